The molecule has 0 N–H and O–H groups in total. The Balaban J connectivity index is 2.00. The minimum absolute atomic E-state index is 0.594. The van der Waals surface area contributed by atoms with Gasteiger partial charge in [-0.15, -0.1) is 0 Å². The highest BCUT2D eigenvalue weighted by Gasteiger charge is 2.10. The Morgan fingerprint density at radius 1 is 1.30 bits per heavy atom. The minimum Gasteiger partial charge on any atom is -0.382 e. The summed E-state index contributed by atoms with van der Waals surface area (Å²) in [5, 5.41) is 7.11. The number of anilines is 1. The molecule has 108 valence electrons. The number of methoxy groups -OCH3 is 1. The fourth-order valence-corrected chi connectivity index (χ4v) is 2.66. The first-order chi connectivity index (χ1) is 9.85. The Morgan fingerprint density at radius 3 is 2.90 bits per heavy atom. The zero-order valence-corrected chi connectivity index (χ0v) is 12.6. The number of hydrogen-bond acceptors (Lipinski definition) is 6. The van der Waals surface area contributed by atoms with E-state index in [0.29, 0.717) is 26.4 Å². The van der Waals surface area contributed by atoms with Crippen LogP contribution in [-0.2, 0) is 9.47 Å². The summed E-state index contributed by atoms with van der Waals surface area (Å²) in [6.45, 7) is 4.37. The van der Waals surface area contributed by atoms with Crippen molar-refractivity contribution >= 4 is 32.9 Å². The van der Waals surface area contributed by atoms with Crippen molar-refractivity contribution < 1.29 is 9.47 Å². The highest BCUT2D eigenvalue weighted by Crippen LogP contribution is 2.28. The zero-order chi connectivity index (χ0) is 14.2. The highest BCUT2D eigenvalue weighted by molar-refractivity contribution is 7.22. The Kier molecular flexibility index (Phi) is 5.91. The average molecular weight is 293 g/mol. The van der Waals surface area contributed by atoms with E-state index in [4.69, 9.17) is 9.47 Å². The summed E-state index contributed by atoms with van der Waals surface area (Å²) in [4.78, 5) is 4.60. The van der Waals surface area contributed by atoms with Gasteiger partial charge in [-0.3, -0.25) is 0 Å². The number of benzene rings is 1. The first-order valence-corrected chi connectivity index (χ1v) is 7.35. The SMILES string of the molecule is C/C=N/N(CCOCCOC)c1nc2ccccc2s1. The summed E-state index contributed by atoms with van der Waals surface area (Å²) in [5.41, 5.74) is 1.00. The molecular weight excluding hydrogens is 274 g/mol. The molecule has 1 heterocycles. The van der Waals surface area contributed by atoms with Gasteiger partial charge in [-0.05, 0) is 19.1 Å². The fourth-order valence-electron chi connectivity index (χ4n) is 1.71. The molecule has 0 aliphatic heterocycles. The molecule has 0 fully saturated rings. The quantitative estimate of drug-likeness (QED) is 0.426. The van der Waals surface area contributed by atoms with Gasteiger partial charge in [0.05, 0.1) is 36.6 Å². The van der Waals surface area contributed by atoms with Crippen LogP contribution in [0.3, 0.4) is 0 Å². The zero-order valence-electron chi connectivity index (χ0n) is 11.8. The second-order valence-electron chi connectivity index (χ2n) is 4.07. The number of para-hydroxylation sites is 1. The van der Waals surface area contributed by atoms with Gasteiger partial charge in [-0.2, -0.15) is 5.10 Å². The predicted molar refractivity (Wildman–Crippen MR) is 83.8 cm³/mol. The highest BCUT2D eigenvalue weighted by atomic mass is 32.1. The van der Waals surface area contributed by atoms with E-state index in [1.165, 1.54) is 4.70 Å². The van der Waals surface area contributed by atoms with E-state index in [9.17, 15) is 0 Å². The lowest BCUT2D eigenvalue weighted by Crippen LogP contribution is -2.22. The van der Waals surface area contributed by atoms with Gasteiger partial charge < -0.3 is 9.47 Å². The van der Waals surface area contributed by atoms with Crippen molar-refractivity contribution in [3.8, 4) is 0 Å². The van der Waals surface area contributed by atoms with Crippen molar-refractivity contribution in [2.75, 3.05) is 38.5 Å². The summed E-state index contributed by atoms with van der Waals surface area (Å²) >= 11 is 1.63. The number of thiazole rings is 1. The van der Waals surface area contributed by atoms with Crippen LogP contribution in [0.15, 0.2) is 29.4 Å². The normalized spacial score (nSPS) is 11.5. The lowest BCUT2D eigenvalue weighted by atomic mass is 10.3. The molecule has 0 unspecified atom stereocenters. The van der Waals surface area contributed by atoms with Crippen molar-refractivity contribution in [2.24, 2.45) is 5.10 Å². The van der Waals surface area contributed by atoms with Crippen LogP contribution < -0.4 is 5.01 Å². The maximum absolute atomic E-state index is 5.48. The van der Waals surface area contributed by atoms with Crippen LogP contribution in [0.4, 0.5) is 5.13 Å². The maximum atomic E-state index is 5.48. The van der Waals surface area contributed by atoms with Crippen LogP contribution in [0.5, 0.6) is 0 Å². The van der Waals surface area contributed by atoms with E-state index >= 15 is 0 Å². The van der Waals surface area contributed by atoms with Crippen LogP contribution in [0.1, 0.15) is 6.92 Å². The van der Waals surface area contributed by atoms with Crippen molar-refractivity contribution in [1.82, 2.24) is 4.98 Å². The summed E-state index contributed by atoms with van der Waals surface area (Å²) in [6, 6.07) is 8.09. The maximum Gasteiger partial charge on any atom is 0.207 e. The van der Waals surface area contributed by atoms with Crippen LogP contribution in [0.25, 0.3) is 10.2 Å². The van der Waals surface area contributed by atoms with E-state index in [1.54, 1.807) is 24.7 Å². The predicted octanol–water partition coefficient (Wildman–Crippen LogP) is 2.77. The molecular formula is C14H19N3O2S. The van der Waals surface area contributed by atoms with Crippen molar-refractivity contribution in [1.29, 1.82) is 0 Å². The molecule has 0 saturated heterocycles. The number of ether oxygens (including phenoxy) is 2. The van der Waals surface area contributed by atoms with Crippen molar-refractivity contribution in [3.05, 3.63) is 24.3 Å². The van der Waals surface area contributed by atoms with Gasteiger partial charge in [0, 0.05) is 13.3 Å². The van der Waals surface area contributed by atoms with Crippen LogP contribution >= 0.6 is 11.3 Å². The molecule has 0 radical (unpaired) electrons. The number of aromatic nitrogens is 1. The van der Waals surface area contributed by atoms with Gasteiger partial charge in [-0.1, -0.05) is 23.5 Å². The van der Waals surface area contributed by atoms with Crippen molar-refractivity contribution in [2.45, 2.75) is 6.92 Å². The van der Waals surface area contributed by atoms with Gasteiger partial charge in [-0.25, -0.2) is 9.99 Å². The average Bonchev–Trinajstić information content (AvgIpc) is 2.89. The number of hydrazone groups is 1. The van der Waals surface area contributed by atoms with E-state index in [0.717, 1.165) is 10.6 Å². The standard InChI is InChI=1S/C14H19N3O2S/c1-3-15-17(8-9-19-11-10-18-2)14-16-12-6-4-5-7-13(12)20-14/h3-7H,8-11H2,1-2H3/b15-3+. The summed E-state index contributed by atoms with van der Waals surface area (Å²) in [7, 11) is 1.66. The lowest BCUT2D eigenvalue weighted by molar-refractivity contribution is 0.0741. The van der Waals surface area contributed by atoms with Gasteiger partial charge in [0.2, 0.25) is 5.13 Å². The molecule has 2 aromatic rings. The first kappa shape index (κ1) is 14.9. The van der Waals surface area contributed by atoms with Gasteiger partial charge in [0.15, 0.2) is 0 Å². The molecule has 0 spiro atoms. The Hall–Kier alpha value is -1.50. The molecule has 0 bridgehead atoms. The molecule has 6 heteroatoms. The van der Waals surface area contributed by atoms with E-state index in [1.807, 2.05) is 30.1 Å². The Morgan fingerprint density at radius 2 is 2.15 bits per heavy atom. The largest absolute Gasteiger partial charge is 0.382 e. The molecule has 5 nitrogen and oxygen atoms in total. The summed E-state index contributed by atoms with van der Waals surface area (Å²) < 4.78 is 11.6. The third-order valence-electron chi connectivity index (χ3n) is 2.64. The molecule has 0 aliphatic carbocycles. The minimum atomic E-state index is 0.594. The smallest absolute Gasteiger partial charge is 0.207 e. The summed E-state index contributed by atoms with van der Waals surface area (Å²) in [6.07, 6.45) is 1.77. The monoisotopic (exact) mass is 293 g/mol. The molecule has 2 rings (SSSR count). The fraction of sp³-hybridized carbons (Fsp3) is 0.429. The molecule has 20 heavy (non-hydrogen) atoms. The Labute approximate surface area is 122 Å². The summed E-state index contributed by atoms with van der Waals surface area (Å²) in [5.74, 6) is 0. The molecule has 0 atom stereocenters. The number of rotatable bonds is 8. The van der Waals surface area contributed by atoms with E-state index in [-0.39, 0.29) is 0 Å². The molecule has 1 aromatic carbocycles. The second kappa shape index (κ2) is 7.94. The second-order valence-corrected chi connectivity index (χ2v) is 5.08. The van der Waals surface area contributed by atoms with Crippen LogP contribution in [-0.4, -0.2) is 44.7 Å². The topological polar surface area (TPSA) is 47.0 Å². The number of nitrogens with zero attached hydrogens (tertiary/aromatic N) is 3. The third kappa shape index (κ3) is 4.00. The number of hydrogen-bond donors (Lipinski definition) is 0. The molecule has 0 saturated carbocycles. The Bertz CT molecular complexity index is 523. The van der Waals surface area contributed by atoms with Crippen LogP contribution in [0.2, 0.25) is 0 Å². The van der Waals surface area contributed by atoms with E-state index < -0.39 is 0 Å². The molecule has 0 aliphatic rings. The molecule has 1 aromatic heterocycles. The third-order valence-corrected chi connectivity index (χ3v) is 3.69. The van der Waals surface area contributed by atoms with E-state index in [2.05, 4.69) is 16.2 Å². The molecule has 0 amide bonds. The number of fused-ring (bicyclic) bond motifs is 1. The lowest BCUT2D eigenvalue weighted by Gasteiger charge is -2.15. The van der Waals surface area contributed by atoms with Gasteiger partial charge in [0.1, 0.15) is 0 Å². The van der Waals surface area contributed by atoms with Crippen LogP contribution in [0, 0.1) is 0 Å². The first-order valence-electron chi connectivity index (χ1n) is 6.53. The van der Waals surface area contributed by atoms with Gasteiger partial charge >= 0.3 is 0 Å². The van der Waals surface area contributed by atoms with Gasteiger partial charge in [0.25, 0.3) is 0 Å². The van der Waals surface area contributed by atoms with Crippen molar-refractivity contribution in [3.63, 3.8) is 0 Å².